The van der Waals surface area contributed by atoms with Crippen LogP contribution in [0.2, 0.25) is 5.02 Å². The van der Waals surface area contributed by atoms with Crippen LogP contribution in [0, 0.1) is 5.82 Å². The molecule has 0 atom stereocenters. The van der Waals surface area contributed by atoms with Crippen LogP contribution in [-0.2, 0) is 22.7 Å². The molecular weight excluding hydrogens is 465 g/mol. The normalized spacial score (nSPS) is 11.0. The first kappa shape index (κ1) is 24.8. The van der Waals surface area contributed by atoms with Gasteiger partial charge in [-0.3, -0.25) is 23.9 Å². The molecule has 0 radical (unpaired) electrons. The summed E-state index contributed by atoms with van der Waals surface area (Å²) in [7, 11) is 0. The Morgan fingerprint density at radius 1 is 1.26 bits per heavy atom. The summed E-state index contributed by atoms with van der Waals surface area (Å²) in [5.41, 5.74) is 6.33. The molecular formula is C23H23ClFN5O4. The molecule has 11 heteroatoms. The van der Waals surface area contributed by atoms with E-state index < -0.39 is 23.5 Å². The maximum Gasteiger partial charge on any atom is 0.269 e. The molecule has 1 heterocycles. The van der Waals surface area contributed by atoms with Crippen molar-refractivity contribution in [1.29, 1.82) is 0 Å². The van der Waals surface area contributed by atoms with Crippen LogP contribution in [0.3, 0.4) is 0 Å². The van der Waals surface area contributed by atoms with E-state index in [0.29, 0.717) is 22.8 Å². The van der Waals surface area contributed by atoms with E-state index in [1.807, 2.05) is 0 Å². The molecule has 0 aliphatic heterocycles. The van der Waals surface area contributed by atoms with Gasteiger partial charge in [-0.25, -0.2) is 4.39 Å². The Kier molecular flexibility index (Phi) is 7.62. The van der Waals surface area contributed by atoms with Crippen LogP contribution < -0.4 is 11.1 Å². The fraction of sp³-hybridized carbons (Fsp3) is 0.261. The summed E-state index contributed by atoms with van der Waals surface area (Å²) in [6.07, 6.45) is 0.626. The standard InChI is InChI=1S/C23H23ClFN5O4/c1-13(2)29(10-19(32)27-9-15-4-3-5-17(24)21(15)25)20(33)11-30-18-7-6-14(12-31)8-16(18)22(28-30)23(26)34/h3-8,12-13H,9-11H2,1-2H3,(H2,26,34)(H,27,32). The third-order valence-electron chi connectivity index (χ3n) is 5.19. The van der Waals surface area contributed by atoms with Crippen molar-refractivity contribution in [1.82, 2.24) is 20.0 Å². The minimum absolute atomic E-state index is 0.0484. The zero-order valence-corrected chi connectivity index (χ0v) is 19.3. The zero-order valence-electron chi connectivity index (χ0n) is 18.5. The number of hydrogen-bond donors (Lipinski definition) is 2. The van der Waals surface area contributed by atoms with Gasteiger partial charge in [0.2, 0.25) is 11.8 Å². The number of primary amides is 1. The molecule has 0 unspecified atom stereocenters. The Bertz CT molecular complexity index is 1270. The predicted octanol–water partition coefficient (Wildman–Crippen LogP) is 2.29. The second-order valence-corrected chi connectivity index (χ2v) is 8.28. The van der Waals surface area contributed by atoms with Crippen LogP contribution in [0.25, 0.3) is 10.9 Å². The smallest absolute Gasteiger partial charge is 0.269 e. The van der Waals surface area contributed by atoms with Gasteiger partial charge in [-0.15, -0.1) is 0 Å². The molecule has 0 spiro atoms. The Hall–Kier alpha value is -3.79. The first-order valence-corrected chi connectivity index (χ1v) is 10.7. The van der Waals surface area contributed by atoms with Gasteiger partial charge in [-0.1, -0.05) is 23.7 Å². The van der Waals surface area contributed by atoms with E-state index in [-0.39, 0.29) is 42.0 Å². The SMILES string of the molecule is CC(C)N(CC(=O)NCc1cccc(Cl)c1F)C(=O)Cn1nc(C(N)=O)c2cc(C=O)ccc21. The van der Waals surface area contributed by atoms with Crippen molar-refractivity contribution in [3.05, 3.63) is 64.1 Å². The maximum absolute atomic E-state index is 14.0. The summed E-state index contributed by atoms with van der Waals surface area (Å²) in [6, 6.07) is 8.72. The second-order valence-electron chi connectivity index (χ2n) is 7.87. The topological polar surface area (TPSA) is 127 Å². The lowest BCUT2D eigenvalue weighted by molar-refractivity contribution is -0.138. The average molecular weight is 488 g/mol. The molecule has 0 bridgehead atoms. The van der Waals surface area contributed by atoms with Crippen LogP contribution in [0.1, 0.15) is 40.3 Å². The molecule has 0 saturated carbocycles. The van der Waals surface area contributed by atoms with Gasteiger partial charge in [0.05, 0.1) is 17.1 Å². The van der Waals surface area contributed by atoms with Crippen molar-refractivity contribution in [2.24, 2.45) is 5.73 Å². The van der Waals surface area contributed by atoms with Gasteiger partial charge in [0.25, 0.3) is 5.91 Å². The van der Waals surface area contributed by atoms with Crippen LogP contribution in [0.15, 0.2) is 36.4 Å². The van der Waals surface area contributed by atoms with E-state index in [0.717, 1.165) is 0 Å². The molecule has 3 N–H and O–H groups in total. The van der Waals surface area contributed by atoms with Gasteiger partial charge >= 0.3 is 0 Å². The summed E-state index contributed by atoms with van der Waals surface area (Å²) in [5, 5.41) is 7.03. The number of rotatable bonds is 9. The number of carbonyl (C=O) groups excluding carboxylic acids is 4. The number of nitrogens with zero attached hydrogens (tertiary/aromatic N) is 3. The third kappa shape index (κ3) is 5.40. The Morgan fingerprint density at radius 3 is 2.65 bits per heavy atom. The van der Waals surface area contributed by atoms with E-state index in [9.17, 15) is 23.6 Å². The van der Waals surface area contributed by atoms with Gasteiger partial charge in [0.1, 0.15) is 18.6 Å². The molecule has 0 aliphatic carbocycles. The monoisotopic (exact) mass is 487 g/mol. The quantitative estimate of drug-likeness (QED) is 0.448. The van der Waals surface area contributed by atoms with E-state index in [2.05, 4.69) is 10.4 Å². The molecule has 0 aliphatic rings. The van der Waals surface area contributed by atoms with Crippen molar-refractivity contribution < 1.29 is 23.6 Å². The molecule has 9 nitrogen and oxygen atoms in total. The minimum Gasteiger partial charge on any atom is -0.364 e. The lowest BCUT2D eigenvalue weighted by Gasteiger charge is -2.26. The van der Waals surface area contributed by atoms with Crippen molar-refractivity contribution in [3.8, 4) is 0 Å². The highest BCUT2D eigenvalue weighted by Gasteiger charge is 2.23. The lowest BCUT2D eigenvalue weighted by Crippen LogP contribution is -2.45. The van der Waals surface area contributed by atoms with Crippen LogP contribution in [-0.4, -0.2) is 51.3 Å². The number of nitrogens with two attached hydrogens (primary N) is 1. The molecule has 34 heavy (non-hydrogen) atoms. The Balaban J connectivity index is 1.75. The highest BCUT2D eigenvalue weighted by Crippen LogP contribution is 2.21. The largest absolute Gasteiger partial charge is 0.364 e. The number of amides is 3. The highest BCUT2D eigenvalue weighted by atomic mass is 35.5. The lowest BCUT2D eigenvalue weighted by atomic mass is 10.1. The Morgan fingerprint density at radius 2 is 2.00 bits per heavy atom. The summed E-state index contributed by atoms with van der Waals surface area (Å²) in [6.45, 7) is 2.87. The first-order chi connectivity index (χ1) is 16.1. The number of carbonyl (C=O) groups is 4. The average Bonchev–Trinajstić information content (AvgIpc) is 3.15. The molecule has 0 fully saturated rings. The van der Waals surface area contributed by atoms with E-state index >= 15 is 0 Å². The second kappa shape index (κ2) is 10.4. The van der Waals surface area contributed by atoms with Crippen LogP contribution in [0.4, 0.5) is 4.39 Å². The summed E-state index contributed by atoms with van der Waals surface area (Å²) in [5.74, 6) is -2.33. The highest BCUT2D eigenvalue weighted by molar-refractivity contribution is 6.30. The van der Waals surface area contributed by atoms with Gasteiger partial charge in [-0.2, -0.15) is 5.10 Å². The summed E-state index contributed by atoms with van der Waals surface area (Å²) in [4.78, 5) is 49.8. The fourth-order valence-electron chi connectivity index (χ4n) is 3.44. The molecule has 0 saturated heterocycles. The number of fused-ring (bicyclic) bond motifs is 1. The van der Waals surface area contributed by atoms with Crippen LogP contribution in [0.5, 0.6) is 0 Å². The van der Waals surface area contributed by atoms with Crippen molar-refractivity contribution in [3.63, 3.8) is 0 Å². The predicted molar refractivity (Wildman–Crippen MR) is 124 cm³/mol. The zero-order chi connectivity index (χ0) is 25.0. The fourth-order valence-corrected chi connectivity index (χ4v) is 3.63. The number of aromatic nitrogens is 2. The number of hydrogen-bond acceptors (Lipinski definition) is 5. The molecule has 3 amide bonds. The molecule has 3 aromatic rings. The third-order valence-corrected chi connectivity index (χ3v) is 5.49. The van der Waals surface area contributed by atoms with Gasteiger partial charge in [0, 0.05) is 29.1 Å². The van der Waals surface area contributed by atoms with Crippen molar-refractivity contribution >= 4 is 46.5 Å². The molecule has 178 valence electrons. The van der Waals surface area contributed by atoms with Crippen molar-refractivity contribution in [2.75, 3.05) is 6.54 Å². The van der Waals surface area contributed by atoms with Crippen molar-refractivity contribution in [2.45, 2.75) is 33.0 Å². The number of benzene rings is 2. The summed E-state index contributed by atoms with van der Waals surface area (Å²) < 4.78 is 15.3. The first-order valence-electron chi connectivity index (χ1n) is 10.4. The summed E-state index contributed by atoms with van der Waals surface area (Å²) >= 11 is 5.76. The maximum atomic E-state index is 14.0. The molecule has 2 aromatic carbocycles. The number of halogens is 2. The van der Waals surface area contributed by atoms with Crippen LogP contribution >= 0.6 is 11.6 Å². The minimum atomic E-state index is -0.799. The number of aldehydes is 1. The van der Waals surface area contributed by atoms with E-state index in [1.165, 1.54) is 33.8 Å². The van der Waals surface area contributed by atoms with E-state index in [4.69, 9.17) is 17.3 Å². The van der Waals surface area contributed by atoms with Gasteiger partial charge in [-0.05, 0) is 38.1 Å². The van der Waals surface area contributed by atoms with E-state index in [1.54, 1.807) is 26.0 Å². The molecule has 3 rings (SSSR count). The Labute approximate surface area is 199 Å². The van der Waals surface area contributed by atoms with Gasteiger partial charge in [0.15, 0.2) is 5.69 Å². The van der Waals surface area contributed by atoms with Gasteiger partial charge < -0.3 is 16.0 Å². The number of nitrogens with one attached hydrogen (secondary N) is 1. The molecule has 1 aromatic heterocycles.